The van der Waals surface area contributed by atoms with Crippen LogP contribution in [0.25, 0.3) is 10.9 Å². The molecule has 94 valence electrons. The van der Waals surface area contributed by atoms with E-state index in [-0.39, 0.29) is 0 Å². The number of benzene rings is 2. The molecule has 0 radical (unpaired) electrons. The average Bonchev–Trinajstić information content (AvgIpc) is 2.48. The summed E-state index contributed by atoms with van der Waals surface area (Å²) in [5.41, 5.74) is 3.47. The molecule has 1 heterocycles. The summed E-state index contributed by atoms with van der Waals surface area (Å²) in [5.74, 6) is 0. The molecule has 3 rings (SSSR count). The molecule has 0 aliphatic heterocycles. The van der Waals surface area contributed by atoms with Gasteiger partial charge in [0.2, 0.25) is 0 Å². The van der Waals surface area contributed by atoms with E-state index in [0.717, 1.165) is 24.2 Å². The first-order valence-corrected chi connectivity index (χ1v) is 6.54. The molecule has 0 spiro atoms. The Hall–Kier alpha value is -2.35. The van der Waals surface area contributed by atoms with Gasteiger partial charge in [-0.3, -0.25) is 4.98 Å². The van der Waals surface area contributed by atoms with Crippen molar-refractivity contribution in [1.29, 1.82) is 0 Å². The lowest BCUT2D eigenvalue weighted by Crippen LogP contribution is -2.04. The Labute approximate surface area is 113 Å². The summed E-state index contributed by atoms with van der Waals surface area (Å²) in [6.45, 7) is 0.921. The van der Waals surface area contributed by atoms with Crippen molar-refractivity contribution in [2.45, 2.75) is 6.42 Å². The van der Waals surface area contributed by atoms with Gasteiger partial charge in [-0.25, -0.2) is 0 Å². The highest BCUT2D eigenvalue weighted by Gasteiger charge is 1.97. The normalized spacial score (nSPS) is 10.5. The third-order valence-electron chi connectivity index (χ3n) is 3.18. The van der Waals surface area contributed by atoms with Crippen molar-refractivity contribution in [2.24, 2.45) is 0 Å². The molecule has 0 unspecified atom stereocenters. The van der Waals surface area contributed by atoms with E-state index in [1.54, 1.807) is 0 Å². The lowest BCUT2D eigenvalue weighted by Gasteiger charge is -2.07. The zero-order chi connectivity index (χ0) is 12.9. The minimum atomic E-state index is 0.921. The van der Waals surface area contributed by atoms with E-state index in [1.807, 2.05) is 30.5 Å². The number of aromatic nitrogens is 1. The summed E-state index contributed by atoms with van der Waals surface area (Å²) in [4.78, 5) is 4.44. The number of hydrogen-bond donors (Lipinski definition) is 1. The topological polar surface area (TPSA) is 24.9 Å². The minimum Gasteiger partial charge on any atom is -0.383 e. The summed E-state index contributed by atoms with van der Waals surface area (Å²) < 4.78 is 0. The largest absolute Gasteiger partial charge is 0.383 e. The van der Waals surface area contributed by atoms with E-state index in [0.29, 0.717) is 0 Å². The van der Waals surface area contributed by atoms with Crippen LogP contribution in [0.2, 0.25) is 0 Å². The van der Waals surface area contributed by atoms with Crippen LogP contribution in [0.3, 0.4) is 0 Å². The van der Waals surface area contributed by atoms with Crippen LogP contribution in [0.5, 0.6) is 0 Å². The Morgan fingerprint density at radius 3 is 2.58 bits per heavy atom. The van der Waals surface area contributed by atoms with Gasteiger partial charge in [0, 0.05) is 11.9 Å². The van der Waals surface area contributed by atoms with Crippen LogP contribution < -0.4 is 5.32 Å². The Balaban J connectivity index is 1.65. The van der Waals surface area contributed by atoms with Gasteiger partial charge >= 0.3 is 0 Å². The van der Waals surface area contributed by atoms with Crippen molar-refractivity contribution >= 4 is 16.6 Å². The van der Waals surface area contributed by atoms with Crippen LogP contribution >= 0.6 is 0 Å². The molecule has 2 aromatic carbocycles. The number of hydrogen-bond acceptors (Lipinski definition) is 2. The van der Waals surface area contributed by atoms with Crippen LogP contribution in [0.15, 0.2) is 66.9 Å². The molecule has 0 saturated carbocycles. The maximum absolute atomic E-state index is 4.44. The van der Waals surface area contributed by atoms with Crippen molar-refractivity contribution in [2.75, 3.05) is 11.9 Å². The van der Waals surface area contributed by atoms with E-state index in [2.05, 4.69) is 46.7 Å². The number of fused-ring (bicyclic) bond motifs is 1. The molecule has 0 saturated heterocycles. The highest BCUT2D eigenvalue weighted by atomic mass is 14.9. The number of nitrogens with zero attached hydrogens (tertiary/aromatic N) is 1. The number of anilines is 1. The van der Waals surface area contributed by atoms with Gasteiger partial charge in [0.1, 0.15) is 0 Å². The molecule has 0 amide bonds. The van der Waals surface area contributed by atoms with E-state index >= 15 is 0 Å². The van der Waals surface area contributed by atoms with Crippen molar-refractivity contribution in [3.05, 3.63) is 72.4 Å². The van der Waals surface area contributed by atoms with Crippen molar-refractivity contribution in [3.8, 4) is 0 Å². The van der Waals surface area contributed by atoms with Crippen LogP contribution in [-0.2, 0) is 6.42 Å². The molecule has 0 atom stereocenters. The summed E-state index contributed by atoms with van der Waals surface area (Å²) in [7, 11) is 0. The van der Waals surface area contributed by atoms with Gasteiger partial charge in [-0.15, -0.1) is 0 Å². The fourth-order valence-corrected chi connectivity index (χ4v) is 2.16. The van der Waals surface area contributed by atoms with Crippen LogP contribution in [0.1, 0.15) is 5.56 Å². The van der Waals surface area contributed by atoms with Gasteiger partial charge < -0.3 is 5.32 Å². The molecule has 2 heteroatoms. The van der Waals surface area contributed by atoms with Crippen molar-refractivity contribution in [1.82, 2.24) is 4.98 Å². The highest BCUT2D eigenvalue weighted by molar-refractivity contribution is 5.81. The SMILES string of the molecule is c1ccc(CCNc2cnc3ccccc3c2)cc1. The summed E-state index contributed by atoms with van der Waals surface area (Å²) >= 11 is 0. The molecule has 2 nitrogen and oxygen atoms in total. The smallest absolute Gasteiger partial charge is 0.0703 e. The zero-order valence-corrected chi connectivity index (χ0v) is 10.7. The highest BCUT2D eigenvalue weighted by Crippen LogP contribution is 2.15. The van der Waals surface area contributed by atoms with E-state index in [4.69, 9.17) is 0 Å². The second-order valence-electron chi connectivity index (χ2n) is 4.58. The molecule has 1 N–H and O–H groups in total. The van der Waals surface area contributed by atoms with Crippen LogP contribution in [0.4, 0.5) is 5.69 Å². The van der Waals surface area contributed by atoms with E-state index < -0.39 is 0 Å². The zero-order valence-electron chi connectivity index (χ0n) is 10.7. The van der Waals surface area contributed by atoms with Gasteiger partial charge in [-0.05, 0) is 24.1 Å². The first-order chi connectivity index (χ1) is 9.42. The monoisotopic (exact) mass is 248 g/mol. The average molecular weight is 248 g/mol. The minimum absolute atomic E-state index is 0.921. The van der Waals surface area contributed by atoms with Crippen LogP contribution in [0, 0.1) is 0 Å². The van der Waals surface area contributed by atoms with Gasteiger partial charge in [0.25, 0.3) is 0 Å². The molecule has 1 aromatic heterocycles. The molecule has 0 aliphatic rings. The standard InChI is InChI=1S/C17H16N2/c1-2-6-14(7-3-1)10-11-18-16-12-15-8-4-5-9-17(15)19-13-16/h1-9,12-13,18H,10-11H2. The van der Waals surface area contributed by atoms with Crippen molar-refractivity contribution < 1.29 is 0 Å². The number of para-hydroxylation sites is 1. The number of rotatable bonds is 4. The second kappa shape index (κ2) is 5.53. The summed E-state index contributed by atoms with van der Waals surface area (Å²) in [6, 6.07) is 20.8. The third kappa shape index (κ3) is 2.91. The molecule has 0 fully saturated rings. The molecular formula is C17H16N2. The maximum atomic E-state index is 4.44. The fourth-order valence-electron chi connectivity index (χ4n) is 2.16. The molecule has 3 aromatic rings. The molecule has 0 aliphatic carbocycles. The van der Waals surface area contributed by atoms with Crippen LogP contribution in [-0.4, -0.2) is 11.5 Å². The van der Waals surface area contributed by atoms with E-state index in [9.17, 15) is 0 Å². The number of pyridine rings is 1. The Morgan fingerprint density at radius 1 is 0.895 bits per heavy atom. The Kier molecular flexibility index (Phi) is 3.41. The first-order valence-electron chi connectivity index (χ1n) is 6.54. The van der Waals surface area contributed by atoms with Crippen molar-refractivity contribution in [3.63, 3.8) is 0 Å². The summed E-state index contributed by atoms with van der Waals surface area (Å²) in [5, 5.41) is 4.60. The quantitative estimate of drug-likeness (QED) is 0.757. The van der Waals surface area contributed by atoms with E-state index in [1.165, 1.54) is 10.9 Å². The predicted octanol–water partition coefficient (Wildman–Crippen LogP) is 3.89. The Bertz CT molecular complexity index is 662. The lowest BCUT2D eigenvalue weighted by molar-refractivity contribution is 1.02. The molecule has 19 heavy (non-hydrogen) atoms. The Morgan fingerprint density at radius 2 is 1.68 bits per heavy atom. The number of nitrogens with one attached hydrogen (secondary N) is 1. The fraction of sp³-hybridized carbons (Fsp3) is 0.118. The van der Waals surface area contributed by atoms with Gasteiger partial charge in [-0.2, -0.15) is 0 Å². The third-order valence-corrected chi connectivity index (χ3v) is 3.18. The van der Waals surface area contributed by atoms with Gasteiger partial charge in [-0.1, -0.05) is 48.5 Å². The second-order valence-corrected chi connectivity index (χ2v) is 4.58. The molecular weight excluding hydrogens is 232 g/mol. The maximum Gasteiger partial charge on any atom is 0.0703 e. The van der Waals surface area contributed by atoms with Gasteiger partial charge in [0.15, 0.2) is 0 Å². The molecule has 0 bridgehead atoms. The predicted molar refractivity (Wildman–Crippen MR) is 80.4 cm³/mol. The summed E-state index contributed by atoms with van der Waals surface area (Å²) in [6.07, 6.45) is 2.92. The van der Waals surface area contributed by atoms with Gasteiger partial charge in [0.05, 0.1) is 17.4 Å². The first kappa shape index (κ1) is 11.7. The lowest BCUT2D eigenvalue weighted by atomic mass is 10.1.